The van der Waals surface area contributed by atoms with Gasteiger partial charge in [0.25, 0.3) is 5.91 Å². The molecule has 0 radical (unpaired) electrons. The summed E-state index contributed by atoms with van der Waals surface area (Å²) in [6.45, 7) is 7.02. The Morgan fingerprint density at radius 1 is 1.04 bits per heavy atom. The first-order valence-electron chi connectivity index (χ1n) is 9.20. The Morgan fingerprint density at radius 3 is 2.44 bits per heavy atom. The molecule has 1 aromatic carbocycles. The Bertz CT molecular complexity index is 942. The molecule has 0 atom stereocenters. The summed E-state index contributed by atoms with van der Waals surface area (Å²) in [4.78, 5) is 29.0. The number of carbonyl (C=O) groups excluding carboxylic acids is 1. The highest BCUT2D eigenvalue weighted by Gasteiger charge is 2.22. The molecule has 1 amide bonds. The van der Waals surface area contributed by atoms with E-state index in [9.17, 15) is 4.79 Å². The third-order valence-corrected chi connectivity index (χ3v) is 4.98. The van der Waals surface area contributed by atoms with E-state index in [1.54, 1.807) is 12.4 Å². The minimum absolute atomic E-state index is 0.0798. The van der Waals surface area contributed by atoms with Gasteiger partial charge < -0.3 is 14.8 Å². The first-order valence-corrected chi connectivity index (χ1v) is 9.20. The molecule has 2 aromatic heterocycles. The Morgan fingerprint density at radius 2 is 1.78 bits per heavy atom. The Balaban J connectivity index is 1.48. The molecule has 27 heavy (non-hydrogen) atoms. The fraction of sp³-hybridized carbons (Fsp3) is 0.286. The molecular weight excluding hydrogens is 338 g/mol. The van der Waals surface area contributed by atoms with Crippen molar-refractivity contribution in [1.82, 2.24) is 19.9 Å². The van der Waals surface area contributed by atoms with Crippen LogP contribution in [-0.4, -0.2) is 51.9 Å². The number of H-pyrrole nitrogens is 1. The van der Waals surface area contributed by atoms with Crippen LogP contribution in [0.4, 0.5) is 5.69 Å². The van der Waals surface area contributed by atoms with Gasteiger partial charge in [-0.05, 0) is 38.1 Å². The van der Waals surface area contributed by atoms with Crippen molar-refractivity contribution in [1.29, 1.82) is 0 Å². The number of anilines is 1. The summed E-state index contributed by atoms with van der Waals surface area (Å²) < 4.78 is 0. The minimum Gasteiger partial charge on any atom is -0.368 e. The van der Waals surface area contributed by atoms with Gasteiger partial charge in [-0.25, -0.2) is 4.98 Å². The molecule has 0 unspecified atom stereocenters. The maximum atomic E-state index is 13.0. The lowest BCUT2D eigenvalue weighted by Gasteiger charge is -2.36. The van der Waals surface area contributed by atoms with Crippen LogP contribution in [0, 0.1) is 13.8 Å². The van der Waals surface area contributed by atoms with E-state index in [1.807, 2.05) is 55.1 Å². The summed E-state index contributed by atoms with van der Waals surface area (Å²) >= 11 is 0. The monoisotopic (exact) mass is 361 g/mol. The van der Waals surface area contributed by atoms with Crippen molar-refractivity contribution < 1.29 is 4.79 Å². The summed E-state index contributed by atoms with van der Waals surface area (Å²) in [5, 5.41) is 0. The van der Waals surface area contributed by atoms with Gasteiger partial charge in [0.1, 0.15) is 5.82 Å². The number of pyridine rings is 1. The van der Waals surface area contributed by atoms with Crippen LogP contribution in [0.2, 0.25) is 0 Å². The molecule has 0 bridgehead atoms. The van der Waals surface area contributed by atoms with Crippen LogP contribution >= 0.6 is 0 Å². The van der Waals surface area contributed by atoms with E-state index in [1.165, 1.54) is 0 Å². The fourth-order valence-electron chi connectivity index (χ4n) is 3.60. The average Bonchev–Trinajstić information content (AvgIpc) is 3.06. The van der Waals surface area contributed by atoms with Gasteiger partial charge in [-0.15, -0.1) is 0 Å². The SMILES string of the molecule is Cc1nc(-c2cccc(C(=O)N3CCN(c4ccncc4)CC3)c2)c(C)[nH]1. The van der Waals surface area contributed by atoms with Crippen molar-refractivity contribution in [3.8, 4) is 11.3 Å². The van der Waals surface area contributed by atoms with Crippen LogP contribution in [0.5, 0.6) is 0 Å². The number of amides is 1. The summed E-state index contributed by atoms with van der Waals surface area (Å²) in [6, 6.07) is 11.8. The fourth-order valence-corrected chi connectivity index (χ4v) is 3.60. The highest BCUT2D eigenvalue weighted by Crippen LogP contribution is 2.23. The van der Waals surface area contributed by atoms with Gasteiger partial charge >= 0.3 is 0 Å². The van der Waals surface area contributed by atoms with Gasteiger partial charge in [0.2, 0.25) is 0 Å². The molecule has 6 heteroatoms. The molecule has 4 rings (SSSR count). The predicted molar refractivity (Wildman–Crippen MR) is 106 cm³/mol. The van der Waals surface area contributed by atoms with Gasteiger partial charge in [0.05, 0.1) is 5.69 Å². The molecule has 0 spiro atoms. The maximum Gasteiger partial charge on any atom is 0.253 e. The van der Waals surface area contributed by atoms with E-state index in [0.717, 1.165) is 41.6 Å². The number of aromatic amines is 1. The third kappa shape index (κ3) is 3.56. The van der Waals surface area contributed by atoms with Gasteiger partial charge in [-0.3, -0.25) is 9.78 Å². The van der Waals surface area contributed by atoms with E-state index in [2.05, 4.69) is 19.9 Å². The first kappa shape index (κ1) is 17.3. The number of piperazine rings is 1. The van der Waals surface area contributed by atoms with Crippen LogP contribution in [0.25, 0.3) is 11.3 Å². The number of nitrogens with zero attached hydrogens (tertiary/aromatic N) is 4. The smallest absolute Gasteiger partial charge is 0.253 e. The Kier molecular flexibility index (Phi) is 4.62. The predicted octanol–water partition coefficient (Wildman–Crippen LogP) is 3.05. The van der Waals surface area contributed by atoms with Crippen molar-refractivity contribution in [2.75, 3.05) is 31.1 Å². The number of carbonyl (C=O) groups is 1. The molecule has 6 nitrogen and oxygen atoms in total. The number of nitrogens with one attached hydrogen (secondary N) is 1. The molecule has 1 N–H and O–H groups in total. The molecule has 3 aromatic rings. The number of benzene rings is 1. The largest absolute Gasteiger partial charge is 0.368 e. The quantitative estimate of drug-likeness (QED) is 0.779. The van der Waals surface area contributed by atoms with Crippen LogP contribution in [0.15, 0.2) is 48.8 Å². The van der Waals surface area contributed by atoms with Crippen LogP contribution in [0.1, 0.15) is 21.9 Å². The number of hydrogen-bond acceptors (Lipinski definition) is 4. The van der Waals surface area contributed by atoms with Crippen LogP contribution < -0.4 is 4.90 Å². The van der Waals surface area contributed by atoms with Crippen LogP contribution in [-0.2, 0) is 0 Å². The third-order valence-electron chi connectivity index (χ3n) is 4.98. The molecule has 1 fully saturated rings. The lowest BCUT2D eigenvalue weighted by molar-refractivity contribution is 0.0747. The molecule has 1 saturated heterocycles. The van der Waals surface area contributed by atoms with Crippen molar-refractivity contribution >= 4 is 11.6 Å². The van der Waals surface area contributed by atoms with E-state index in [0.29, 0.717) is 18.7 Å². The lowest BCUT2D eigenvalue weighted by atomic mass is 10.1. The number of hydrogen-bond donors (Lipinski definition) is 1. The number of rotatable bonds is 3. The zero-order chi connectivity index (χ0) is 18.8. The summed E-state index contributed by atoms with van der Waals surface area (Å²) in [6.07, 6.45) is 3.61. The molecule has 1 aliphatic heterocycles. The first-order chi connectivity index (χ1) is 13.1. The standard InChI is InChI=1S/C21H23N5O/c1-15-20(24-16(2)23-15)17-4-3-5-18(14-17)21(27)26-12-10-25(11-13-26)19-6-8-22-9-7-19/h3-9,14H,10-13H2,1-2H3,(H,23,24). The van der Waals surface area contributed by atoms with Gasteiger partial charge in [-0.1, -0.05) is 12.1 Å². The topological polar surface area (TPSA) is 65.1 Å². The average molecular weight is 361 g/mol. The highest BCUT2D eigenvalue weighted by molar-refractivity contribution is 5.95. The number of imidazole rings is 1. The van der Waals surface area contributed by atoms with E-state index in [-0.39, 0.29) is 5.91 Å². The van der Waals surface area contributed by atoms with Crippen molar-refractivity contribution in [3.05, 3.63) is 65.9 Å². The number of aromatic nitrogens is 3. The van der Waals surface area contributed by atoms with Crippen molar-refractivity contribution in [2.24, 2.45) is 0 Å². The molecule has 138 valence electrons. The summed E-state index contributed by atoms with van der Waals surface area (Å²) in [7, 11) is 0. The van der Waals surface area contributed by atoms with Gasteiger partial charge in [0, 0.05) is 61.1 Å². The Labute approximate surface area is 158 Å². The summed E-state index contributed by atoms with van der Waals surface area (Å²) in [5.74, 6) is 0.961. The molecule has 0 saturated carbocycles. The molecular formula is C21H23N5O. The lowest BCUT2D eigenvalue weighted by Crippen LogP contribution is -2.48. The second-order valence-electron chi connectivity index (χ2n) is 6.86. The van der Waals surface area contributed by atoms with E-state index >= 15 is 0 Å². The zero-order valence-corrected chi connectivity index (χ0v) is 15.6. The van der Waals surface area contributed by atoms with Gasteiger partial charge in [0.15, 0.2) is 0 Å². The second kappa shape index (κ2) is 7.23. The highest BCUT2D eigenvalue weighted by atomic mass is 16.2. The van der Waals surface area contributed by atoms with Crippen molar-refractivity contribution in [2.45, 2.75) is 13.8 Å². The normalized spacial score (nSPS) is 14.4. The van der Waals surface area contributed by atoms with Crippen LogP contribution in [0.3, 0.4) is 0 Å². The van der Waals surface area contributed by atoms with E-state index in [4.69, 9.17) is 0 Å². The molecule has 0 aliphatic carbocycles. The van der Waals surface area contributed by atoms with Gasteiger partial charge in [-0.2, -0.15) is 0 Å². The molecule has 3 heterocycles. The zero-order valence-electron chi connectivity index (χ0n) is 15.6. The second-order valence-corrected chi connectivity index (χ2v) is 6.86. The maximum absolute atomic E-state index is 13.0. The summed E-state index contributed by atoms with van der Waals surface area (Å²) in [5.41, 5.74) is 4.76. The number of aryl methyl sites for hydroxylation is 2. The van der Waals surface area contributed by atoms with E-state index < -0.39 is 0 Å². The minimum atomic E-state index is 0.0798. The Hall–Kier alpha value is -3.15. The molecule has 1 aliphatic rings. The van der Waals surface area contributed by atoms with Crippen molar-refractivity contribution in [3.63, 3.8) is 0 Å².